The van der Waals surface area contributed by atoms with E-state index in [0.717, 1.165) is 5.56 Å². The van der Waals surface area contributed by atoms with E-state index >= 15 is 0 Å². The van der Waals surface area contributed by atoms with Gasteiger partial charge in [-0.05, 0) is 63.5 Å². The monoisotopic (exact) mass is 403 g/mol. The first-order valence-electron chi connectivity index (χ1n) is 10.8. The van der Waals surface area contributed by atoms with Crippen LogP contribution in [0.2, 0.25) is 0 Å². The summed E-state index contributed by atoms with van der Waals surface area (Å²) in [6.45, 7) is 7.33. The van der Waals surface area contributed by atoms with Crippen molar-refractivity contribution in [1.82, 2.24) is 5.32 Å². The molecule has 5 heteroatoms. The Morgan fingerprint density at radius 2 is 1.72 bits per heavy atom. The molecular formula is C24H37NO4. The summed E-state index contributed by atoms with van der Waals surface area (Å²) in [7, 11) is 1.39. The van der Waals surface area contributed by atoms with Crippen LogP contribution in [0.25, 0.3) is 0 Å². The predicted octanol–water partition coefficient (Wildman–Crippen LogP) is 5.37. The minimum atomic E-state index is -0.565. The average Bonchev–Trinajstić information content (AvgIpc) is 2.67. The highest BCUT2D eigenvalue weighted by Gasteiger charge is 2.24. The fourth-order valence-corrected chi connectivity index (χ4v) is 4.04. The molecule has 1 aromatic carbocycles. The Balaban J connectivity index is 2.04. The minimum absolute atomic E-state index is 0.209. The molecule has 1 aliphatic rings. The van der Waals surface area contributed by atoms with E-state index in [1.54, 1.807) is 0 Å². The van der Waals surface area contributed by atoms with Gasteiger partial charge in [-0.15, -0.1) is 0 Å². The summed E-state index contributed by atoms with van der Waals surface area (Å²) < 4.78 is 10.3. The van der Waals surface area contributed by atoms with Crippen LogP contribution < -0.4 is 5.32 Å². The molecule has 1 N–H and O–H groups in total. The van der Waals surface area contributed by atoms with Crippen LogP contribution in [0, 0.1) is 5.92 Å². The Bertz CT molecular complexity index is 656. The van der Waals surface area contributed by atoms with Crippen molar-refractivity contribution in [2.45, 2.75) is 90.2 Å². The number of hydrogen-bond donors (Lipinski definition) is 1. The quantitative estimate of drug-likeness (QED) is 0.622. The highest BCUT2D eigenvalue weighted by atomic mass is 16.6. The molecule has 1 amide bonds. The van der Waals surface area contributed by atoms with Gasteiger partial charge in [-0.1, -0.05) is 50.5 Å². The van der Waals surface area contributed by atoms with Gasteiger partial charge in [0.2, 0.25) is 0 Å². The second-order valence-corrected chi connectivity index (χ2v) is 9.28. The van der Waals surface area contributed by atoms with Crippen molar-refractivity contribution in [1.29, 1.82) is 0 Å². The number of ether oxygens (including phenoxy) is 2. The van der Waals surface area contributed by atoms with Crippen LogP contribution in [-0.2, 0) is 20.7 Å². The number of nitrogens with one attached hydrogen (secondary N) is 1. The second-order valence-electron chi connectivity index (χ2n) is 9.28. The number of carbonyl (C=O) groups is 2. The lowest BCUT2D eigenvalue weighted by Crippen LogP contribution is -2.41. The number of rotatable bonds is 7. The SMILES string of the molecule is COC(=O)[C@H](C)C[C@@H](Cc1ccc(C2CCCCC2)cc1)NC(=O)OC(C)(C)C. The highest BCUT2D eigenvalue weighted by Crippen LogP contribution is 2.32. The molecule has 1 saturated carbocycles. The normalized spacial score (nSPS) is 17.3. The second kappa shape index (κ2) is 10.7. The maximum Gasteiger partial charge on any atom is 0.407 e. The van der Waals surface area contributed by atoms with Crippen molar-refractivity contribution in [2.24, 2.45) is 5.92 Å². The molecule has 0 radical (unpaired) electrons. The van der Waals surface area contributed by atoms with Crippen LogP contribution in [0.5, 0.6) is 0 Å². The van der Waals surface area contributed by atoms with Crippen LogP contribution in [0.1, 0.15) is 83.3 Å². The van der Waals surface area contributed by atoms with Gasteiger partial charge in [0, 0.05) is 6.04 Å². The third kappa shape index (κ3) is 8.08. The van der Waals surface area contributed by atoms with Crippen LogP contribution in [0.4, 0.5) is 4.79 Å². The summed E-state index contributed by atoms with van der Waals surface area (Å²) in [6, 6.07) is 8.53. The largest absolute Gasteiger partial charge is 0.469 e. The van der Waals surface area contributed by atoms with E-state index in [-0.39, 0.29) is 17.9 Å². The van der Waals surface area contributed by atoms with Gasteiger partial charge in [-0.2, -0.15) is 0 Å². The van der Waals surface area contributed by atoms with Crippen LogP contribution in [0.15, 0.2) is 24.3 Å². The van der Waals surface area contributed by atoms with Gasteiger partial charge < -0.3 is 14.8 Å². The highest BCUT2D eigenvalue weighted by molar-refractivity contribution is 5.72. The first kappa shape index (κ1) is 23.2. The lowest BCUT2D eigenvalue weighted by Gasteiger charge is -2.25. The zero-order valence-electron chi connectivity index (χ0n) is 18.6. The number of benzene rings is 1. The van der Waals surface area contributed by atoms with Crippen molar-refractivity contribution in [3.63, 3.8) is 0 Å². The van der Waals surface area contributed by atoms with Crippen molar-refractivity contribution in [2.75, 3.05) is 7.11 Å². The fourth-order valence-electron chi connectivity index (χ4n) is 4.04. The molecule has 1 aliphatic carbocycles. The number of esters is 1. The molecule has 0 heterocycles. The summed E-state index contributed by atoms with van der Waals surface area (Å²) >= 11 is 0. The van der Waals surface area contributed by atoms with Gasteiger partial charge in [0.1, 0.15) is 5.60 Å². The number of amides is 1. The molecular weight excluding hydrogens is 366 g/mol. The summed E-state index contributed by atoms with van der Waals surface area (Å²) in [5.41, 5.74) is 1.99. The molecule has 0 saturated heterocycles. The van der Waals surface area contributed by atoms with Gasteiger partial charge in [-0.25, -0.2) is 4.79 Å². The van der Waals surface area contributed by atoms with E-state index in [1.165, 1.54) is 44.8 Å². The molecule has 162 valence electrons. The summed E-state index contributed by atoms with van der Waals surface area (Å²) in [4.78, 5) is 24.2. The van der Waals surface area contributed by atoms with Crippen LogP contribution in [-0.4, -0.2) is 30.8 Å². The lowest BCUT2D eigenvalue weighted by atomic mass is 9.83. The van der Waals surface area contributed by atoms with E-state index in [4.69, 9.17) is 9.47 Å². The smallest absolute Gasteiger partial charge is 0.407 e. The van der Waals surface area contributed by atoms with Gasteiger partial charge >= 0.3 is 12.1 Å². The molecule has 1 fully saturated rings. The summed E-state index contributed by atoms with van der Waals surface area (Å²) in [5, 5.41) is 2.94. The Hall–Kier alpha value is -2.04. The molecule has 0 unspecified atom stereocenters. The zero-order chi connectivity index (χ0) is 21.4. The van der Waals surface area contributed by atoms with Crippen molar-refractivity contribution >= 4 is 12.1 Å². The molecule has 1 aromatic rings. The fraction of sp³-hybridized carbons (Fsp3) is 0.667. The Morgan fingerprint density at radius 3 is 2.28 bits per heavy atom. The first-order chi connectivity index (χ1) is 13.7. The van der Waals surface area contributed by atoms with Gasteiger partial charge in [0.25, 0.3) is 0 Å². The van der Waals surface area contributed by atoms with E-state index in [9.17, 15) is 9.59 Å². The molecule has 0 spiro atoms. The number of hydrogen-bond acceptors (Lipinski definition) is 4. The molecule has 0 aromatic heterocycles. The third-order valence-electron chi connectivity index (χ3n) is 5.50. The van der Waals surface area contributed by atoms with Gasteiger partial charge in [0.05, 0.1) is 13.0 Å². The van der Waals surface area contributed by atoms with E-state index in [0.29, 0.717) is 18.8 Å². The van der Waals surface area contributed by atoms with E-state index < -0.39 is 11.7 Å². The van der Waals surface area contributed by atoms with Crippen molar-refractivity contribution in [3.05, 3.63) is 35.4 Å². The zero-order valence-corrected chi connectivity index (χ0v) is 18.6. The predicted molar refractivity (Wildman–Crippen MR) is 115 cm³/mol. The van der Waals surface area contributed by atoms with Crippen molar-refractivity contribution in [3.8, 4) is 0 Å². The Kier molecular flexibility index (Phi) is 8.54. The number of carbonyl (C=O) groups excluding carboxylic acids is 2. The Morgan fingerprint density at radius 1 is 1.10 bits per heavy atom. The van der Waals surface area contributed by atoms with E-state index in [1.807, 2.05) is 27.7 Å². The lowest BCUT2D eigenvalue weighted by molar-refractivity contribution is -0.145. The van der Waals surface area contributed by atoms with Gasteiger partial charge in [-0.3, -0.25) is 4.79 Å². The van der Waals surface area contributed by atoms with Crippen LogP contribution in [0.3, 0.4) is 0 Å². The molecule has 2 atom stereocenters. The number of alkyl carbamates (subject to hydrolysis) is 1. The maximum atomic E-state index is 12.3. The topological polar surface area (TPSA) is 64.6 Å². The van der Waals surface area contributed by atoms with E-state index in [2.05, 4.69) is 29.6 Å². The number of methoxy groups -OCH3 is 1. The first-order valence-corrected chi connectivity index (χ1v) is 10.8. The summed E-state index contributed by atoms with van der Waals surface area (Å²) in [6.07, 6.45) is 7.22. The maximum absolute atomic E-state index is 12.3. The third-order valence-corrected chi connectivity index (χ3v) is 5.50. The molecule has 29 heavy (non-hydrogen) atoms. The average molecular weight is 404 g/mol. The van der Waals surface area contributed by atoms with Crippen LogP contribution >= 0.6 is 0 Å². The summed E-state index contributed by atoms with van der Waals surface area (Å²) in [5.74, 6) is 0.0999. The molecule has 5 nitrogen and oxygen atoms in total. The standard InChI is InChI=1S/C24H37NO4/c1-17(22(26)28-5)15-21(25-23(27)29-24(2,3)4)16-18-11-13-20(14-12-18)19-9-7-6-8-10-19/h11-14,17,19,21H,6-10,15-16H2,1-5H3,(H,25,27)/t17-,21+/m1/s1. The molecule has 2 rings (SSSR count). The van der Waals surface area contributed by atoms with Gasteiger partial charge in [0.15, 0.2) is 0 Å². The minimum Gasteiger partial charge on any atom is -0.469 e. The Labute approximate surface area is 175 Å². The molecule has 0 bridgehead atoms. The molecule has 0 aliphatic heterocycles. The van der Waals surface area contributed by atoms with Crippen molar-refractivity contribution < 1.29 is 19.1 Å².